The number of rotatable bonds is 9. The van der Waals surface area contributed by atoms with Crippen LogP contribution in [0.5, 0.6) is 0 Å². The van der Waals surface area contributed by atoms with Crippen LogP contribution in [0.3, 0.4) is 0 Å². The fourth-order valence-electron chi connectivity index (χ4n) is 14.9. The van der Waals surface area contributed by atoms with Gasteiger partial charge >= 0.3 is 5.97 Å². The van der Waals surface area contributed by atoms with E-state index in [1.165, 1.54) is 68.1 Å². The third-order valence-electron chi connectivity index (χ3n) is 18.0. The normalized spacial score (nSPS) is 46.1. The third kappa shape index (κ3) is 5.97. The van der Waals surface area contributed by atoms with Crippen LogP contribution in [0, 0.1) is 56.7 Å². The van der Waals surface area contributed by atoms with E-state index in [1.807, 2.05) is 0 Å². The summed E-state index contributed by atoms with van der Waals surface area (Å²) < 4.78 is 20.3. The minimum Gasteiger partial charge on any atom is -0.481 e. The molecule has 10 atom stereocenters. The van der Waals surface area contributed by atoms with Gasteiger partial charge in [-0.05, 0) is 153 Å². The van der Waals surface area contributed by atoms with Gasteiger partial charge in [0.15, 0.2) is 0 Å². The van der Waals surface area contributed by atoms with Gasteiger partial charge in [-0.2, -0.15) is 10.6 Å². The molecule has 7 rings (SSSR count). The molecule has 1 unspecified atom stereocenters. The maximum Gasteiger partial charge on any atom is 0.310 e. The zero-order valence-corrected chi connectivity index (χ0v) is 34.3. The number of nitrogens with zero attached hydrogens (tertiary/aromatic N) is 1. The van der Waals surface area contributed by atoms with Crippen LogP contribution in [0.1, 0.15) is 125 Å². The summed E-state index contributed by atoms with van der Waals surface area (Å²) in [5, 5.41) is 24.0. The molecule has 5 fully saturated rings. The summed E-state index contributed by atoms with van der Waals surface area (Å²) in [5.74, 6) is 3.43. The van der Waals surface area contributed by atoms with Crippen molar-refractivity contribution < 1.29 is 24.1 Å². The quantitative estimate of drug-likeness (QED) is 0.150. The Bertz CT molecular complexity index is 1480. The van der Waals surface area contributed by atoms with Crippen LogP contribution in [0.25, 0.3) is 0 Å². The monoisotopic (exact) mass is 741 g/mol. The molecule has 0 spiro atoms. The van der Waals surface area contributed by atoms with Gasteiger partial charge in [0.1, 0.15) is 0 Å². The summed E-state index contributed by atoms with van der Waals surface area (Å²) in [6.07, 6.45) is 18.4. The van der Waals surface area contributed by atoms with Crippen molar-refractivity contribution in [3.63, 3.8) is 0 Å². The highest BCUT2D eigenvalue weighted by atomic mass is 32.3. The van der Waals surface area contributed by atoms with E-state index in [1.54, 1.807) is 0 Å². The molecule has 6 aliphatic carbocycles. The van der Waals surface area contributed by atoms with E-state index < -0.39 is 22.0 Å². The van der Waals surface area contributed by atoms with Crippen molar-refractivity contribution in [2.45, 2.75) is 131 Å². The van der Waals surface area contributed by atoms with Crippen molar-refractivity contribution in [3.05, 3.63) is 35.5 Å². The van der Waals surface area contributed by atoms with Gasteiger partial charge in [0.2, 0.25) is 0 Å². The van der Waals surface area contributed by atoms with Crippen molar-refractivity contribution in [2.75, 3.05) is 44.3 Å². The zero-order valence-electron chi connectivity index (χ0n) is 33.4. The summed E-state index contributed by atoms with van der Waals surface area (Å²) >= 11 is 0. The summed E-state index contributed by atoms with van der Waals surface area (Å²) in [6, 6.07) is 0. The fourth-order valence-corrected chi connectivity index (χ4v) is 16.2. The van der Waals surface area contributed by atoms with Crippen LogP contribution >= 0.6 is 10.6 Å². The lowest BCUT2D eigenvalue weighted by atomic mass is 9.33. The topological polar surface area (TPSA) is 113 Å². The lowest BCUT2D eigenvalue weighted by Crippen LogP contribution is -2.68. The number of hydrogen-bond donors (Lipinski definition) is 5. The SMILES string of the molecule is C=C(C)[C@@H]1CC[C@]2(NCCN3CCS(O)(O)CC3)CC[C@]3(C)[C@H](CC[C@@H]4[C@@]5(C)CC=C(C6=CCC(CCO)(C(=O)O)CC6)C(C)(C)[C@@H]5CC[C@]43C)[C@@H]12. The van der Waals surface area contributed by atoms with Gasteiger partial charge in [0.05, 0.1) is 16.9 Å². The molecule has 0 aromatic carbocycles. The Morgan fingerprint density at radius 2 is 1.65 bits per heavy atom. The van der Waals surface area contributed by atoms with Gasteiger partial charge < -0.3 is 15.5 Å². The van der Waals surface area contributed by atoms with E-state index in [0.717, 1.165) is 39.0 Å². The predicted octanol–water partition coefficient (Wildman–Crippen LogP) is 9.15. The number of allylic oxidation sites excluding steroid dienone is 5. The minimum atomic E-state index is -2.37. The average molecular weight is 741 g/mol. The van der Waals surface area contributed by atoms with Crippen LogP contribution in [-0.2, 0) is 4.79 Å². The zero-order chi connectivity index (χ0) is 37.5. The van der Waals surface area contributed by atoms with Gasteiger partial charge in [-0.1, -0.05) is 58.9 Å². The molecule has 4 saturated carbocycles. The van der Waals surface area contributed by atoms with Crippen LogP contribution in [-0.4, -0.2) is 80.0 Å². The maximum absolute atomic E-state index is 12.3. The highest BCUT2D eigenvalue weighted by molar-refractivity contribution is 8.24. The lowest BCUT2D eigenvalue weighted by molar-refractivity contribution is -0.221. The minimum absolute atomic E-state index is 0.0335. The Labute approximate surface area is 316 Å². The first-order valence-electron chi connectivity index (χ1n) is 21.0. The highest BCUT2D eigenvalue weighted by Gasteiger charge is 2.70. The molecule has 52 heavy (non-hydrogen) atoms. The summed E-state index contributed by atoms with van der Waals surface area (Å²) in [5.41, 5.74) is 4.39. The number of carboxylic acids is 1. The second kappa shape index (κ2) is 13.5. The van der Waals surface area contributed by atoms with Gasteiger partial charge in [0, 0.05) is 38.3 Å². The van der Waals surface area contributed by atoms with E-state index in [0.29, 0.717) is 60.4 Å². The first kappa shape index (κ1) is 39.1. The second-order valence-corrected chi connectivity index (χ2v) is 22.8. The van der Waals surface area contributed by atoms with Gasteiger partial charge in [-0.15, -0.1) is 0 Å². The molecule has 1 saturated heterocycles. The van der Waals surface area contributed by atoms with Crippen molar-refractivity contribution in [1.82, 2.24) is 10.2 Å². The van der Waals surface area contributed by atoms with Gasteiger partial charge in [-0.3, -0.25) is 18.8 Å². The van der Waals surface area contributed by atoms with Crippen molar-refractivity contribution in [1.29, 1.82) is 0 Å². The van der Waals surface area contributed by atoms with E-state index in [9.17, 15) is 24.1 Å². The Balaban J connectivity index is 1.12. The molecule has 0 radical (unpaired) electrons. The second-order valence-electron chi connectivity index (χ2n) is 20.4. The van der Waals surface area contributed by atoms with E-state index in [-0.39, 0.29) is 33.8 Å². The molecule has 1 heterocycles. The number of aliphatic hydroxyl groups is 1. The summed E-state index contributed by atoms with van der Waals surface area (Å²) in [6.45, 7) is 23.4. The largest absolute Gasteiger partial charge is 0.481 e. The molecule has 7 aliphatic rings. The lowest BCUT2D eigenvalue weighted by Gasteiger charge is -2.72. The van der Waals surface area contributed by atoms with E-state index in [2.05, 4.69) is 70.5 Å². The molecular formula is C44H72N2O5S. The van der Waals surface area contributed by atoms with Crippen molar-refractivity contribution in [2.24, 2.45) is 56.7 Å². The van der Waals surface area contributed by atoms with E-state index >= 15 is 0 Å². The van der Waals surface area contributed by atoms with Gasteiger partial charge in [0.25, 0.3) is 0 Å². The molecule has 0 aromatic rings. The molecule has 0 amide bonds. The highest BCUT2D eigenvalue weighted by Crippen LogP contribution is 2.76. The van der Waals surface area contributed by atoms with Crippen LogP contribution < -0.4 is 5.32 Å². The number of hydrogen-bond acceptors (Lipinski definition) is 6. The number of carbonyl (C=O) groups is 1. The molecule has 294 valence electrons. The van der Waals surface area contributed by atoms with Crippen LogP contribution in [0.2, 0.25) is 0 Å². The maximum atomic E-state index is 12.3. The Hall–Kier alpha value is -1.16. The Morgan fingerprint density at radius 1 is 0.923 bits per heavy atom. The van der Waals surface area contributed by atoms with E-state index in [4.69, 9.17) is 0 Å². The number of aliphatic carboxylic acids is 1. The molecule has 0 aromatic heterocycles. The smallest absolute Gasteiger partial charge is 0.310 e. The Kier molecular flexibility index (Phi) is 10.1. The predicted molar refractivity (Wildman–Crippen MR) is 213 cm³/mol. The van der Waals surface area contributed by atoms with Crippen molar-refractivity contribution in [3.8, 4) is 0 Å². The van der Waals surface area contributed by atoms with Crippen LogP contribution in [0.4, 0.5) is 0 Å². The number of carboxylic acid groups (broad SMARTS) is 1. The first-order chi connectivity index (χ1) is 24.4. The molecule has 0 bridgehead atoms. The molecular weight excluding hydrogens is 669 g/mol. The third-order valence-corrected chi connectivity index (χ3v) is 19.7. The average Bonchev–Trinajstić information content (AvgIpc) is 3.46. The summed E-state index contributed by atoms with van der Waals surface area (Å²) in [4.78, 5) is 14.7. The molecule has 8 heteroatoms. The number of aliphatic hydroxyl groups excluding tert-OH is 1. The summed E-state index contributed by atoms with van der Waals surface area (Å²) in [7, 11) is -2.37. The van der Waals surface area contributed by atoms with Gasteiger partial charge in [-0.25, -0.2) is 0 Å². The molecule has 7 nitrogen and oxygen atoms in total. The number of fused-ring (bicyclic) bond motifs is 7. The Morgan fingerprint density at radius 3 is 2.29 bits per heavy atom. The fraction of sp³-hybridized carbons (Fsp3) is 0.841. The molecule has 5 N–H and O–H groups in total. The van der Waals surface area contributed by atoms with Crippen molar-refractivity contribution >= 4 is 16.6 Å². The standard InChI is InChI=1S/C44H72N2O5S/c1-30(2)32-12-19-44(45-23-24-46-25-28-52(50,51)29-26-46)21-20-41(6)34(37(32)44)8-9-36-40(5)15-13-33(39(3,4)35(40)14-16-42(36,41)7)31-10-17-43(18-11-31,22-27-47)38(48)49/h10,13,32,34-37,45,47,50-51H,1,8-9,11-12,14-29H2,2-7H3,(H,48,49)/t32-,34+,35-,36+,37+,40-,41+,42+,43?,44-/m0/s1. The van der Waals surface area contributed by atoms with Crippen LogP contribution in [0.15, 0.2) is 35.5 Å². The first-order valence-corrected chi connectivity index (χ1v) is 22.9. The molecule has 1 aliphatic heterocycles. The number of nitrogens with one attached hydrogen (secondary N) is 1.